The molecular formula is C8H12O3. The molecule has 0 N–H and O–H groups in total. The summed E-state index contributed by atoms with van der Waals surface area (Å²) in [5.41, 5.74) is -0.197. The first kappa shape index (κ1) is 8.27. The minimum atomic E-state index is -0.302. The SMILES string of the molecule is CC=CC(=O)OCC1(C)CO1. The highest BCUT2D eigenvalue weighted by atomic mass is 16.6. The Morgan fingerprint density at radius 1 is 1.82 bits per heavy atom. The van der Waals surface area contributed by atoms with E-state index in [0.29, 0.717) is 13.2 Å². The van der Waals surface area contributed by atoms with Gasteiger partial charge < -0.3 is 9.47 Å². The Morgan fingerprint density at radius 3 is 2.91 bits per heavy atom. The Morgan fingerprint density at radius 2 is 2.45 bits per heavy atom. The van der Waals surface area contributed by atoms with Gasteiger partial charge in [0.05, 0.1) is 6.61 Å². The van der Waals surface area contributed by atoms with Crippen molar-refractivity contribution in [3.63, 3.8) is 0 Å². The van der Waals surface area contributed by atoms with E-state index in [1.54, 1.807) is 13.0 Å². The van der Waals surface area contributed by atoms with Crippen molar-refractivity contribution in [2.24, 2.45) is 0 Å². The topological polar surface area (TPSA) is 38.8 Å². The van der Waals surface area contributed by atoms with E-state index in [0.717, 1.165) is 0 Å². The highest BCUT2D eigenvalue weighted by molar-refractivity contribution is 5.81. The van der Waals surface area contributed by atoms with E-state index in [-0.39, 0.29) is 11.6 Å². The Bertz CT molecular complexity index is 180. The van der Waals surface area contributed by atoms with Crippen LogP contribution in [0.1, 0.15) is 13.8 Å². The molecule has 1 unspecified atom stereocenters. The maximum Gasteiger partial charge on any atom is 0.330 e. The van der Waals surface area contributed by atoms with Gasteiger partial charge in [0.1, 0.15) is 12.2 Å². The van der Waals surface area contributed by atoms with Crippen molar-refractivity contribution >= 4 is 5.97 Å². The fourth-order valence-electron chi connectivity index (χ4n) is 0.615. The summed E-state index contributed by atoms with van der Waals surface area (Å²) < 4.78 is 9.88. The molecule has 1 aliphatic rings. The molecule has 3 heteroatoms. The van der Waals surface area contributed by atoms with E-state index in [1.807, 2.05) is 6.92 Å². The van der Waals surface area contributed by atoms with E-state index in [4.69, 9.17) is 9.47 Å². The van der Waals surface area contributed by atoms with Gasteiger partial charge in [-0.15, -0.1) is 0 Å². The Hall–Kier alpha value is -0.830. The number of allylic oxidation sites excluding steroid dienone is 1. The second kappa shape index (κ2) is 3.05. The van der Waals surface area contributed by atoms with Crippen LogP contribution >= 0.6 is 0 Å². The monoisotopic (exact) mass is 156 g/mol. The first-order valence-corrected chi connectivity index (χ1v) is 3.60. The summed E-state index contributed by atoms with van der Waals surface area (Å²) in [4.78, 5) is 10.8. The van der Waals surface area contributed by atoms with Gasteiger partial charge >= 0.3 is 5.97 Å². The van der Waals surface area contributed by atoms with Crippen LogP contribution in [-0.2, 0) is 14.3 Å². The third kappa shape index (κ3) is 2.72. The molecule has 0 aliphatic carbocycles. The lowest BCUT2D eigenvalue weighted by molar-refractivity contribution is -0.139. The number of epoxide rings is 1. The zero-order chi connectivity index (χ0) is 8.32. The van der Waals surface area contributed by atoms with Gasteiger partial charge in [0.25, 0.3) is 0 Å². The molecule has 1 heterocycles. The second-order valence-electron chi connectivity index (χ2n) is 2.85. The number of hydrogen-bond donors (Lipinski definition) is 0. The molecule has 0 aromatic carbocycles. The van der Waals surface area contributed by atoms with Crippen LogP contribution in [0, 0.1) is 0 Å². The average molecular weight is 156 g/mol. The summed E-state index contributed by atoms with van der Waals surface area (Å²) >= 11 is 0. The van der Waals surface area contributed by atoms with Crippen LogP contribution in [0.5, 0.6) is 0 Å². The lowest BCUT2D eigenvalue weighted by Crippen LogP contribution is -2.17. The van der Waals surface area contributed by atoms with E-state index in [2.05, 4.69) is 0 Å². The number of esters is 1. The maximum atomic E-state index is 10.8. The third-order valence-corrected chi connectivity index (χ3v) is 1.46. The zero-order valence-corrected chi connectivity index (χ0v) is 6.79. The van der Waals surface area contributed by atoms with E-state index in [9.17, 15) is 4.79 Å². The first-order valence-electron chi connectivity index (χ1n) is 3.60. The standard InChI is InChI=1S/C8H12O3/c1-3-4-7(9)10-5-8(2)6-11-8/h3-4H,5-6H2,1-2H3. The van der Waals surface area contributed by atoms with Crippen LogP contribution in [0.15, 0.2) is 12.2 Å². The van der Waals surface area contributed by atoms with Gasteiger partial charge in [-0.05, 0) is 13.8 Å². The van der Waals surface area contributed by atoms with Crippen molar-refractivity contribution in [2.75, 3.05) is 13.2 Å². The van der Waals surface area contributed by atoms with Gasteiger partial charge in [0.15, 0.2) is 0 Å². The van der Waals surface area contributed by atoms with Crippen LogP contribution in [0.25, 0.3) is 0 Å². The molecule has 1 rings (SSSR count). The molecule has 0 aromatic rings. The molecule has 0 bridgehead atoms. The highest BCUT2D eigenvalue weighted by Gasteiger charge is 2.40. The summed E-state index contributed by atoms with van der Waals surface area (Å²) in [6.07, 6.45) is 3.05. The molecule has 0 spiro atoms. The molecular weight excluding hydrogens is 144 g/mol. The number of hydrogen-bond acceptors (Lipinski definition) is 3. The second-order valence-corrected chi connectivity index (χ2v) is 2.85. The van der Waals surface area contributed by atoms with Gasteiger partial charge in [-0.2, -0.15) is 0 Å². The molecule has 0 saturated carbocycles. The van der Waals surface area contributed by atoms with Crippen LogP contribution in [0.3, 0.4) is 0 Å². The van der Waals surface area contributed by atoms with Crippen LogP contribution in [-0.4, -0.2) is 24.8 Å². The molecule has 0 aromatic heterocycles. The van der Waals surface area contributed by atoms with E-state index in [1.165, 1.54) is 6.08 Å². The molecule has 0 amide bonds. The van der Waals surface area contributed by atoms with Crippen LogP contribution in [0.4, 0.5) is 0 Å². The minimum Gasteiger partial charge on any atom is -0.459 e. The molecule has 1 saturated heterocycles. The predicted molar refractivity (Wildman–Crippen MR) is 40.1 cm³/mol. The number of carbonyl (C=O) groups is 1. The lowest BCUT2D eigenvalue weighted by atomic mass is 10.2. The van der Waals surface area contributed by atoms with Crippen molar-refractivity contribution in [2.45, 2.75) is 19.4 Å². The van der Waals surface area contributed by atoms with Gasteiger partial charge in [-0.1, -0.05) is 6.08 Å². The van der Waals surface area contributed by atoms with Gasteiger partial charge in [-0.3, -0.25) is 0 Å². The molecule has 0 radical (unpaired) electrons. The number of rotatable bonds is 3. The molecule has 62 valence electrons. The summed E-state index contributed by atoms with van der Waals surface area (Å²) in [6, 6.07) is 0. The number of carbonyl (C=O) groups excluding carboxylic acids is 1. The first-order chi connectivity index (χ1) is 5.16. The molecule has 11 heavy (non-hydrogen) atoms. The van der Waals surface area contributed by atoms with Gasteiger partial charge in [0.2, 0.25) is 0 Å². The fraction of sp³-hybridized carbons (Fsp3) is 0.625. The van der Waals surface area contributed by atoms with E-state index < -0.39 is 0 Å². The Kier molecular flexibility index (Phi) is 2.29. The summed E-state index contributed by atoms with van der Waals surface area (Å²) in [5.74, 6) is -0.302. The van der Waals surface area contributed by atoms with Crippen molar-refractivity contribution in [3.05, 3.63) is 12.2 Å². The van der Waals surface area contributed by atoms with Gasteiger partial charge in [-0.25, -0.2) is 4.79 Å². The van der Waals surface area contributed by atoms with Crippen molar-refractivity contribution in [1.82, 2.24) is 0 Å². The smallest absolute Gasteiger partial charge is 0.330 e. The summed E-state index contributed by atoms with van der Waals surface area (Å²) in [5, 5.41) is 0. The van der Waals surface area contributed by atoms with Crippen molar-refractivity contribution in [1.29, 1.82) is 0 Å². The minimum absolute atomic E-state index is 0.197. The lowest BCUT2D eigenvalue weighted by Gasteiger charge is -2.03. The van der Waals surface area contributed by atoms with Crippen molar-refractivity contribution < 1.29 is 14.3 Å². The highest BCUT2D eigenvalue weighted by Crippen LogP contribution is 2.25. The van der Waals surface area contributed by atoms with Crippen LogP contribution < -0.4 is 0 Å². The molecule has 3 nitrogen and oxygen atoms in total. The maximum absolute atomic E-state index is 10.8. The normalized spacial score (nSPS) is 28.9. The molecule has 1 aliphatic heterocycles. The average Bonchev–Trinajstić information content (AvgIpc) is 2.66. The summed E-state index contributed by atoms with van der Waals surface area (Å²) in [7, 11) is 0. The van der Waals surface area contributed by atoms with Crippen molar-refractivity contribution in [3.8, 4) is 0 Å². The largest absolute Gasteiger partial charge is 0.459 e. The molecule has 1 atom stereocenters. The molecule has 1 fully saturated rings. The summed E-state index contributed by atoms with van der Waals surface area (Å²) in [6.45, 7) is 4.73. The Balaban J connectivity index is 2.16. The van der Waals surface area contributed by atoms with Crippen LogP contribution in [0.2, 0.25) is 0 Å². The zero-order valence-electron chi connectivity index (χ0n) is 6.79. The third-order valence-electron chi connectivity index (χ3n) is 1.46. The van der Waals surface area contributed by atoms with E-state index >= 15 is 0 Å². The number of ether oxygens (including phenoxy) is 2. The fourth-order valence-corrected chi connectivity index (χ4v) is 0.615. The quantitative estimate of drug-likeness (QED) is 0.346. The predicted octanol–water partition coefficient (Wildman–Crippen LogP) is 0.895. The Labute approximate surface area is 66.0 Å². The van der Waals surface area contributed by atoms with Gasteiger partial charge in [0, 0.05) is 6.08 Å².